The van der Waals surface area contributed by atoms with Gasteiger partial charge in [-0.15, -0.1) is 0 Å². The number of aliphatic hydroxyl groups is 1. The van der Waals surface area contributed by atoms with E-state index in [4.69, 9.17) is 0 Å². The Morgan fingerprint density at radius 1 is 1.45 bits per heavy atom. The summed E-state index contributed by atoms with van der Waals surface area (Å²) in [6.07, 6.45) is 3.72. The highest BCUT2D eigenvalue weighted by molar-refractivity contribution is 7.97. The zero-order valence-corrected chi connectivity index (χ0v) is 13.0. The van der Waals surface area contributed by atoms with Crippen LogP contribution in [0.5, 0.6) is 0 Å². The third-order valence-electron chi connectivity index (χ3n) is 3.94. The number of hydrogen-bond acceptors (Lipinski definition) is 3. The summed E-state index contributed by atoms with van der Waals surface area (Å²) in [4.78, 5) is 14.4. The van der Waals surface area contributed by atoms with Crippen molar-refractivity contribution in [2.75, 3.05) is 19.3 Å². The molecular formula is C16H23NO2S. The molecule has 1 fully saturated rings. The molecule has 0 radical (unpaired) electrons. The molecule has 1 aromatic carbocycles. The Bertz CT molecular complexity index is 444. The molecule has 2 rings (SSSR count). The van der Waals surface area contributed by atoms with Gasteiger partial charge in [-0.2, -0.15) is 11.8 Å². The van der Waals surface area contributed by atoms with Gasteiger partial charge in [0.1, 0.15) is 0 Å². The van der Waals surface area contributed by atoms with E-state index >= 15 is 0 Å². The molecule has 0 aliphatic carbocycles. The van der Waals surface area contributed by atoms with Crippen molar-refractivity contribution >= 4 is 17.7 Å². The third kappa shape index (κ3) is 3.76. The Morgan fingerprint density at radius 3 is 2.75 bits per heavy atom. The topological polar surface area (TPSA) is 40.5 Å². The number of benzene rings is 1. The summed E-state index contributed by atoms with van der Waals surface area (Å²) in [5.74, 6) is 1.27. The third-order valence-corrected chi connectivity index (χ3v) is 4.56. The van der Waals surface area contributed by atoms with Crippen LogP contribution in [-0.2, 0) is 5.75 Å². The average molecular weight is 293 g/mol. The van der Waals surface area contributed by atoms with E-state index in [1.807, 2.05) is 36.1 Å². The molecular weight excluding hydrogens is 270 g/mol. The molecule has 2 atom stereocenters. The fourth-order valence-corrected chi connectivity index (χ4v) is 3.21. The summed E-state index contributed by atoms with van der Waals surface area (Å²) in [5, 5.41) is 9.70. The van der Waals surface area contributed by atoms with Gasteiger partial charge in [0.25, 0.3) is 5.91 Å². The van der Waals surface area contributed by atoms with Crippen molar-refractivity contribution in [3.63, 3.8) is 0 Å². The van der Waals surface area contributed by atoms with E-state index in [9.17, 15) is 9.90 Å². The zero-order valence-electron chi connectivity index (χ0n) is 12.2. The molecule has 1 amide bonds. The Kier molecular flexibility index (Phi) is 5.49. The molecule has 2 unspecified atom stereocenters. The number of thioether (sulfide) groups is 1. The van der Waals surface area contributed by atoms with E-state index in [-0.39, 0.29) is 17.9 Å². The van der Waals surface area contributed by atoms with Gasteiger partial charge >= 0.3 is 0 Å². The number of likely N-dealkylation sites (tertiary alicyclic amines) is 1. The Balaban J connectivity index is 2.02. The molecule has 0 saturated carbocycles. The highest BCUT2D eigenvalue weighted by atomic mass is 32.2. The van der Waals surface area contributed by atoms with Gasteiger partial charge in [0, 0.05) is 30.3 Å². The minimum absolute atomic E-state index is 0.0889. The number of carbonyl (C=O) groups excluding carboxylic acids is 1. The standard InChI is InChI=1S/C16H23NO2S/c1-12(18)15-4-3-9-17(10-15)16(19)14-7-5-13(6-8-14)11-20-2/h5-8,12,15,18H,3-4,9-11H2,1-2H3. The monoisotopic (exact) mass is 293 g/mol. The summed E-state index contributed by atoms with van der Waals surface area (Å²) < 4.78 is 0. The molecule has 1 aliphatic rings. The Labute approximate surface area is 125 Å². The number of aliphatic hydroxyl groups excluding tert-OH is 1. The fourth-order valence-electron chi connectivity index (χ4n) is 2.68. The van der Waals surface area contributed by atoms with Gasteiger partial charge in [-0.25, -0.2) is 0 Å². The summed E-state index contributed by atoms with van der Waals surface area (Å²) >= 11 is 1.78. The first-order valence-corrected chi connectivity index (χ1v) is 8.56. The minimum Gasteiger partial charge on any atom is -0.393 e. The van der Waals surface area contributed by atoms with Crippen molar-refractivity contribution in [3.8, 4) is 0 Å². The second kappa shape index (κ2) is 7.14. The van der Waals surface area contributed by atoms with Crippen molar-refractivity contribution in [1.82, 2.24) is 4.90 Å². The lowest BCUT2D eigenvalue weighted by atomic mass is 9.93. The number of carbonyl (C=O) groups is 1. The van der Waals surface area contributed by atoms with Gasteiger partial charge in [0.15, 0.2) is 0 Å². The van der Waals surface area contributed by atoms with Gasteiger partial charge in [0.05, 0.1) is 6.10 Å². The van der Waals surface area contributed by atoms with Crippen LogP contribution in [0.25, 0.3) is 0 Å². The number of hydrogen-bond donors (Lipinski definition) is 1. The number of rotatable bonds is 4. The van der Waals surface area contributed by atoms with Gasteiger partial charge in [0.2, 0.25) is 0 Å². The highest BCUT2D eigenvalue weighted by Crippen LogP contribution is 2.21. The van der Waals surface area contributed by atoms with E-state index in [2.05, 4.69) is 6.26 Å². The number of amides is 1. The van der Waals surface area contributed by atoms with Gasteiger partial charge in [-0.3, -0.25) is 4.79 Å². The van der Waals surface area contributed by atoms with Crippen LogP contribution in [0.1, 0.15) is 35.7 Å². The maximum atomic E-state index is 12.5. The second-order valence-corrected chi connectivity index (χ2v) is 6.39. The van der Waals surface area contributed by atoms with Crippen LogP contribution in [0, 0.1) is 5.92 Å². The van der Waals surface area contributed by atoms with Crippen molar-refractivity contribution in [2.45, 2.75) is 31.6 Å². The summed E-state index contributed by atoms with van der Waals surface area (Å²) in [6.45, 7) is 3.29. The first-order valence-electron chi connectivity index (χ1n) is 7.17. The number of nitrogens with zero attached hydrogens (tertiary/aromatic N) is 1. The lowest BCUT2D eigenvalue weighted by molar-refractivity contribution is 0.0466. The average Bonchev–Trinajstić information content (AvgIpc) is 2.48. The maximum absolute atomic E-state index is 12.5. The van der Waals surface area contributed by atoms with Crippen LogP contribution in [0.4, 0.5) is 0 Å². The van der Waals surface area contributed by atoms with Crippen LogP contribution >= 0.6 is 11.8 Å². The van der Waals surface area contributed by atoms with Crippen molar-refractivity contribution in [3.05, 3.63) is 35.4 Å². The molecule has 1 heterocycles. The van der Waals surface area contributed by atoms with Crippen molar-refractivity contribution < 1.29 is 9.90 Å². The van der Waals surface area contributed by atoms with Crippen LogP contribution in [0.2, 0.25) is 0 Å². The molecule has 0 aromatic heterocycles. The Morgan fingerprint density at radius 2 is 2.15 bits per heavy atom. The lowest BCUT2D eigenvalue weighted by Crippen LogP contribution is -2.42. The van der Waals surface area contributed by atoms with E-state index in [1.165, 1.54) is 5.56 Å². The summed E-state index contributed by atoms with van der Waals surface area (Å²) in [5.41, 5.74) is 2.00. The summed E-state index contributed by atoms with van der Waals surface area (Å²) in [7, 11) is 0. The molecule has 20 heavy (non-hydrogen) atoms. The van der Waals surface area contributed by atoms with Crippen LogP contribution in [0.3, 0.4) is 0 Å². The molecule has 1 aliphatic heterocycles. The normalized spacial score (nSPS) is 20.8. The molecule has 1 aromatic rings. The van der Waals surface area contributed by atoms with Crippen LogP contribution in [-0.4, -0.2) is 41.4 Å². The van der Waals surface area contributed by atoms with E-state index < -0.39 is 0 Å². The molecule has 4 heteroatoms. The van der Waals surface area contributed by atoms with Gasteiger partial charge in [-0.1, -0.05) is 12.1 Å². The van der Waals surface area contributed by atoms with Gasteiger partial charge < -0.3 is 10.0 Å². The van der Waals surface area contributed by atoms with E-state index in [0.717, 1.165) is 30.7 Å². The zero-order chi connectivity index (χ0) is 14.5. The van der Waals surface area contributed by atoms with Crippen molar-refractivity contribution in [1.29, 1.82) is 0 Å². The molecule has 0 spiro atoms. The molecule has 110 valence electrons. The molecule has 1 N–H and O–H groups in total. The van der Waals surface area contributed by atoms with Gasteiger partial charge in [-0.05, 0) is 43.7 Å². The molecule has 1 saturated heterocycles. The lowest BCUT2D eigenvalue weighted by Gasteiger charge is -2.34. The van der Waals surface area contributed by atoms with Crippen molar-refractivity contribution in [2.24, 2.45) is 5.92 Å². The van der Waals surface area contributed by atoms with Crippen LogP contribution < -0.4 is 0 Å². The molecule has 0 bridgehead atoms. The maximum Gasteiger partial charge on any atom is 0.253 e. The fraction of sp³-hybridized carbons (Fsp3) is 0.562. The first-order chi connectivity index (χ1) is 9.61. The molecule has 3 nitrogen and oxygen atoms in total. The predicted molar refractivity (Wildman–Crippen MR) is 84.0 cm³/mol. The predicted octanol–water partition coefficient (Wildman–Crippen LogP) is 2.78. The summed E-state index contributed by atoms with van der Waals surface area (Å²) in [6, 6.07) is 7.89. The minimum atomic E-state index is -0.338. The first kappa shape index (κ1) is 15.4. The highest BCUT2D eigenvalue weighted by Gasteiger charge is 2.26. The van der Waals surface area contributed by atoms with E-state index in [1.54, 1.807) is 11.8 Å². The Hall–Kier alpha value is -1.00. The smallest absolute Gasteiger partial charge is 0.253 e. The second-order valence-electron chi connectivity index (χ2n) is 5.52. The quantitative estimate of drug-likeness (QED) is 0.928. The largest absolute Gasteiger partial charge is 0.393 e. The van der Waals surface area contributed by atoms with E-state index in [0.29, 0.717) is 6.54 Å². The SMILES string of the molecule is CSCc1ccc(C(=O)N2CCCC(C(C)O)C2)cc1. The number of piperidine rings is 1. The van der Waals surface area contributed by atoms with Crippen LogP contribution in [0.15, 0.2) is 24.3 Å².